The number of hydrogen-bond donors (Lipinski definition) is 0. The molecule has 0 aliphatic heterocycles. The Hall–Kier alpha value is -0.660. The number of Topliss-reactive ketones (excluding diaryl/α,β-unsaturated/α-hetero) is 1. The Morgan fingerprint density at radius 3 is 2.56 bits per heavy atom. The third-order valence-electron chi connectivity index (χ3n) is 1.63. The van der Waals surface area contributed by atoms with Crippen LogP contribution in [0.2, 0.25) is 0 Å². The van der Waals surface area contributed by atoms with E-state index >= 15 is 0 Å². The van der Waals surface area contributed by atoms with Gasteiger partial charge in [-0.3, -0.25) is 4.79 Å². The molecule has 2 heteroatoms. The Morgan fingerprint density at radius 2 is 2.22 bits per heavy atom. The minimum atomic E-state index is -0.363. The van der Waals surface area contributed by atoms with E-state index in [0.29, 0.717) is 0 Å². The fourth-order valence-corrected chi connectivity index (χ4v) is 0.807. The first kappa shape index (κ1) is 6.46. The quantitative estimate of drug-likeness (QED) is 0.414. The van der Waals surface area contributed by atoms with Crippen molar-refractivity contribution in [3.63, 3.8) is 0 Å². The minimum absolute atomic E-state index is 0.130. The summed E-state index contributed by atoms with van der Waals surface area (Å²) in [7, 11) is 0. The Balaban J connectivity index is 2.39. The van der Waals surface area contributed by atoms with E-state index in [2.05, 4.69) is 0 Å². The molecular weight excluding hydrogens is 116 g/mol. The van der Waals surface area contributed by atoms with Crippen molar-refractivity contribution >= 4 is 12.1 Å². The molecule has 0 amide bonds. The SMILES string of the molecule is CC(C=O)C(=O)C1CC1. The minimum Gasteiger partial charge on any atom is -0.303 e. The van der Waals surface area contributed by atoms with Gasteiger partial charge in [-0.2, -0.15) is 0 Å². The molecule has 0 radical (unpaired) electrons. The van der Waals surface area contributed by atoms with E-state index in [1.165, 1.54) is 0 Å². The van der Waals surface area contributed by atoms with Gasteiger partial charge in [0.15, 0.2) is 0 Å². The van der Waals surface area contributed by atoms with Crippen molar-refractivity contribution < 1.29 is 9.59 Å². The zero-order valence-electron chi connectivity index (χ0n) is 5.46. The van der Waals surface area contributed by atoms with Crippen LogP contribution in [0.25, 0.3) is 0 Å². The molecule has 1 rings (SSSR count). The molecule has 1 aliphatic rings. The lowest BCUT2D eigenvalue weighted by molar-refractivity contribution is -0.127. The Morgan fingerprint density at radius 1 is 1.67 bits per heavy atom. The Kier molecular flexibility index (Phi) is 1.65. The summed E-state index contributed by atoms with van der Waals surface area (Å²) >= 11 is 0. The molecule has 0 saturated heterocycles. The van der Waals surface area contributed by atoms with Gasteiger partial charge in [0.1, 0.15) is 12.1 Å². The second-order valence-corrected chi connectivity index (χ2v) is 2.60. The lowest BCUT2D eigenvalue weighted by Crippen LogP contribution is -2.13. The van der Waals surface area contributed by atoms with Crippen LogP contribution in [0.5, 0.6) is 0 Å². The predicted molar refractivity (Wildman–Crippen MR) is 33.0 cm³/mol. The second kappa shape index (κ2) is 2.29. The van der Waals surface area contributed by atoms with Gasteiger partial charge in [0.25, 0.3) is 0 Å². The Bertz CT molecular complexity index is 136. The number of rotatable bonds is 3. The van der Waals surface area contributed by atoms with Crippen LogP contribution in [0, 0.1) is 11.8 Å². The average Bonchev–Trinajstić information content (AvgIpc) is 2.66. The van der Waals surface area contributed by atoms with Crippen LogP contribution >= 0.6 is 0 Å². The van der Waals surface area contributed by atoms with Crippen molar-refractivity contribution in [1.29, 1.82) is 0 Å². The summed E-state index contributed by atoms with van der Waals surface area (Å²) in [6, 6.07) is 0. The van der Waals surface area contributed by atoms with Crippen molar-refractivity contribution in [2.24, 2.45) is 11.8 Å². The zero-order chi connectivity index (χ0) is 6.85. The summed E-state index contributed by atoms with van der Waals surface area (Å²) < 4.78 is 0. The van der Waals surface area contributed by atoms with Gasteiger partial charge in [0.2, 0.25) is 0 Å². The lowest BCUT2D eigenvalue weighted by atomic mass is 10.1. The molecule has 0 aromatic carbocycles. The van der Waals surface area contributed by atoms with Gasteiger partial charge in [0, 0.05) is 5.92 Å². The van der Waals surface area contributed by atoms with Crippen molar-refractivity contribution in [1.82, 2.24) is 0 Å². The first-order valence-electron chi connectivity index (χ1n) is 3.24. The summed E-state index contributed by atoms with van der Waals surface area (Å²) in [5.41, 5.74) is 0. The van der Waals surface area contributed by atoms with E-state index in [1.807, 2.05) is 0 Å². The molecule has 0 N–H and O–H groups in total. The van der Waals surface area contributed by atoms with Crippen molar-refractivity contribution in [3.8, 4) is 0 Å². The third-order valence-corrected chi connectivity index (χ3v) is 1.63. The van der Waals surface area contributed by atoms with E-state index in [1.54, 1.807) is 6.92 Å². The lowest BCUT2D eigenvalue weighted by Gasteiger charge is -1.97. The molecule has 1 unspecified atom stereocenters. The smallest absolute Gasteiger partial charge is 0.145 e. The highest BCUT2D eigenvalue weighted by Crippen LogP contribution is 2.31. The monoisotopic (exact) mass is 126 g/mol. The molecule has 1 fully saturated rings. The zero-order valence-corrected chi connectivity index (χ0v) is 5.46. The van der Waals surface area contributed by atoms with E-state index in [4.69, 9.17) is 0 Å². The number of ketones is 1. The molecule has 9 heavy (non-hydrogen) atoms. The van der Waals surface area contributed by atoms with Gasteiger partial charge in [-0.25, -0.2) is 0 Å². The third kappa shape index (κ3) is 1.37. The van der Waals surface area contributed by atoms with Gasteiger partial charge in [-0.15, -0.1) is 0 Å². The molecule has 0 bridgehead atoms. The van der Waals surface area contributed by atoms with Gasteiger partial charge in [-0.05, 0) is 19.8 Å². The largest absolute Gasteiger partial charge is 0.303 e. The summed E-state index contributed by atoms with van der Waals surface area (Å²) in [6.45, 7) is 1.66. The number of hydrogen-bond acceptors (Lipinski definition) is 2. The number of carbonyl (C=O) groups excluding carboxylic acids is 2. The molecule has 1 saturated carbocycles. The van der Waals surface area contributed by atoms with Gasteiger partial charge < -0.3 is 4.79 Å². The van der Waals surface area contributed by atoms with E-state index in [9.17, 15) is 9.59 Å². The average molecular weight is 126 g/mol. The van der Waals surface area contributed by atoms with E-state index < -0.39 is 0 Å². The molecule has 0 aromatic rings. The highest BCUT2D eigenvalue weighted by Gasteiger charge is 2.32. The van der Waals surface area contributed by atoms with Crippen LogP contribution < -0.4 is 0 Å². The maximum absolute atomic E-state index is 10.9. The van der Waals surface area contributed by atoms with E-state index in [-0.39, 0.29) is 17.6 Å². The molecule has 0 heterocycles. The van der Waals surface area contributed by atoms with Crippen LogP contribution in [0.1, 0.15) is 19.8 Å². The molecular formula is C7H10O2. The summed E-state index contributed by atoms with van der Waals surface area (Å²) in [4.78, 5) is 21.0. The Labute approximate surface area is 54.2 Å². The summed E-state index contributed by atoms with van der Waals surface area (Å²) in [5.74, 6) is -0.00676. The summed E-state index contributed by atoms with van der Waals surface area (Å²) in [5, 5.41) is 0. The number of carbonyl (C=O) groups is 2. The van der Waals surface area contributed by atoms with Gasteiger partial charge in [-0.1, -0.05) is 0 Å². The predicted octanol–water partition coefficient (Wildman–Crippen LogP) is 0.800. The van der Waals surface area contributed by atoms with Crippen LogP contribution in [0.4, 0.5) is 0 Å². The maximum Gasteiger partial charge on any atom is 0.145 e. The molecule has 0 aromatic heterocycles. The molecule has 1 aliphatic carbocycles. The molecule has 1 atom stereocenters. The number of aldehydes is 1. The van der Waals surface area contributed by atoms with Gasteiger partial charge >= 0.3 is 0 Å². The van der Waals surface area contributed by atoms with Crippen molar-refractivity contribution in [3.05, 3.63) is 0 Å². The molecule has 0 spiro atoms. The first-order chi connectivity index (χ1) is 4.25. The molecule has 2 nitrogen and oxygen atoms in total. The van der Waals surface area contributed by atoms with Crippen LogP contribution in [0.15, 0.2) is 0 Å². The fraction of sp³-hybridized carbons (Fsp3) is 0.714. The van der Waals surface area contributed by atoms with Crippen LogP contribution in [-0.2, 0) is 9.59 Å². The van der Waals surface area contributed by atoms with Crippen molar-refractivity contribution in [2.75, 3.05) is 0 Å². The normalized spacial score (nSPS) is 21.0. The summed E-state index contributed by atoms with van der Waals surface area (Å²) in [6.07, 6.45) is 2.72. The van der Waals surface area contributed by atoms with Crippen LogP contribution in [-0.4, -0.2) is 12.1 Å². The second-order valence-electron chi connectivity index (χ2n) is 2.60. The highest BCUT2D eigenvalue weighted by atomic mass is 16.1. The molecule has 50 valence electrons. The fourth-order valence-electron chi connectivity index (χ4n) is 0.807. The van der Waals surface area contributed by atoms with Crippen molar-refractivity contribution in [2.45, 2.75) is 19.8 Å². The topological polar surface area (TPSA) is 34.1 Å². The standard InChI is InChI=1S/C7H10O2/c1-5(4-8)7(9)6-2-3-6/h4-6H,2-3H2,1H3. The first-order valence-corrected chi connectivity index (χ1v) is 3.24. The van der Waals surface area contributed by atoms with Crippen LogP contribution in [0.3, 0.4) is 0 Å². The highest BCUT2D eigenvalue weighted by molar-refractivity contribution is 5.95. The van der Waals surface area contributed by atoms with Gasteiger partial charge in [0.05, 0.1) is 5.92 Å². The maximum atomic E-state index is 10.9. The van der Waals surface area contributed by atoms with E-state index in [0.717, 1.165) is 19.1 Å².